The highest BCUT2D eigenvalue weighted by Gasteiger charge is 2.28. The molecule has 12 nitrogen and oxygen atoms in total. The van der Waals surface area contributed by atoms with Crippen molar-refractivity contribution in [1.82, 2.24) is 0 Å². The molecule has 0 radical (unpaired) electrons. The largest absolute Gasteiger partial charge is 0.480 e. The predicted molar refractivity (Wildman–Crippen MR) is 246 cm³/mol. The maximum Gasteiger partial charge on any atom is 0.472 e. The number of ether oxygens (including phenoxy) is 2. The van der Waals surface area contributed by atoms with E-state index in [9.17, 15) is 28.9 Å². The maximum absolute atomic E-state index is 12.6. The van der Waals surface area contributed by atoms with E-state index in [4.69, 9.17) is 24.8 Å². The summed E-state index contributed by atoms with van der Waals surface area (Å²) in [4.78, 5) is 45.9. The Morgan fingerprint density at radius 2 is 1.00 bits per heavy atom. The third kappa shape index (κ3) is 42.6. The van der Waals surface area contributed by atoms with Gasteiger partial charge in [-0.2, -0.15) is 0 Å². The van der Waals surface area contributed by atoms with Crippen LogP contribution in [0.5, 0.6) is 0 Å². The third-order valence-corrected chi connectivity index (χ3v) is 9.48. The number of unbranched alkanes of at least 4 members (excludes halogenated alkanes) is 5. The molecule has 0 saturated heterocycles. The summed E-state index contributed by atoms with van der Waals surface area (Å²) in [5, 5.41) is 18.2. The molecule has 0 saturated carbocycles. The first-order valence-electron chi connectivity index (χ1n) is 21.9. The monoisotopic (exact) mass is 874 g/mol. The van der Waals surface area contributed by atoms with Crippen molar-refractivity contribution < 1.29 is 52.6 Å². The molecule has 344 valence electrons. The van der Waals surface area contributed by atoms with Gasteiger partial charge in [-0.3, -0.25) is 23.4 Å². The quantitative estimate of drug-likeness (QED) is 0.0198. The SMILES string of the molecule is CCCCC/C=C\C/C=C\C/C=C\C/C=C\C/C=C\CCC(=O)OC[C@H](COP(=O)(O)OC[C@H](N)C(=O)O)OC(=O)CCC/C=C\C/C=C\C/C=C\C/C=C\CCC[C@H](C)O. The average molecular weight is 874 g/mol. The zero-order valence-corrected chi connectivity index (χ0v) is 37.7. The maximum atomic E-state index is 12.6. The van der Waals surface area contributed by atoms with Gasteiger partial charge >= 0.3 is 25.7 Å². The molecule has 0 rings (SSSR count). The van der Waals surface area contributed by atoms with Gasteiger partial charge in [0.2, 0.25) is 0 Å². The van der Waals surface area contributed by atoms with Crippen molar-refractivity contribution in [3.63, 3.8) is 0 Å². The lowest BCUT2D eigenvalue weighted by atomic mass is 10.1. The number of carboxylic acid groups (broad SMARTS) is 1. The van der Waals surface area contributed by atoms with Crippen LogP contribution in [-0.4, -0.2) is 71.1 Å². The van der Waals surface area contributed by atoms with Crippen LogP contribution in [0.3, 0.4) is 0 Å². The van der Waals surface area contributed by atoms with Crippen molar-refractivity contribution in [2.45, 2.75) is 154 Å². The van der Waals surface area contributed by atoms with E-state index in [0.29, 0.717) is 19.3 Å². The van der Waals surface area contributed by atoms with E-state index in [-0.39, 0.29) is 18.9 Å². The van der Waals surface area contributed by atoms with Crippen LogP contribution in [0.15, 0.2) is 109 Å². The Labute approximate surface area is 366 Å². The Hall–Kier alpha value is -3.90. The smallest absolute Gasteiger partial charge is 0.472 e. The van der Waals surface area contributed by atoms with Crippen LogP contribution in [0, 0.1) is 0 Å². The second-order valence-electron chi connectivity index (χ2n) is 14.4. The molecule has 13 heteroatoms. The first kappa shape index (κ1) is 57.1. The first-order valence-corrected chi connectivity index (χ1v) is 23.4. The molecule has 0 aliphatic rings. The minimum Gasteiger partial charge on any atom is -0.480 e. The van der Waals surface area contributed by atoms with Gasteiger partial charge in [-0.05, 0) is 103 Å². The fourth-order valence-corrected chi connectivity index (χ4v) is 5.83. The van der Waals surface area contributed by atoms with E-state index in [1.165, 1.54) is 19.3 Å². The van der Waals surface area contributed by atoms with Crippen LogP contribution >= 0.6 is 7.82 Å². The molecule has 1 unspecified atom stereocenters. The second kappa shape index (κ2) is 41.5. The summed E-state index contributed by atoms with van der Waals surface area (Å²) in [5.41, 5.74) is 5.32. The van der Waals surface area contributed by atoms with E-state index in [1.807, 2.05) is 24.3 Å². The van der Waals surface area contributed by atoms with Gasteiger partial charge in [0.25, 0.3) is 0 Å². The van der Waals surface area contributed by atoms with Crippen LogP contribution in [0.25, 0.3) is 0 Å². The zero-order valence-electron chi connectivity index (χ0n) is 36.8. The zero-order chi connectivity index (χ0) is 45.1. The molecule has 0 fully saturated rings. The minimum absolute atomic E-state index is 0.0510. The lowest BCUT2D eigenvalue weighted by Gasteiger charge is -2.20. The highest BCUT2D eigenvalue weighted by molar-refractivity contribution is 7.47. The van der Waals surface area contributed by atoms with Crippen LogP contribution in [0.1, 0.15) is 136 Å². The molecular weight excluding hydrogens is 797 g/mol. The van der Waals surface area contributed by atoms with Crippen LogP contribution in [-0.2, 0) is 37.5 Å². The summed E-state index contributed by atoms with van der Waals surface area (Å²) >= 11 is 0. The van der Waals surface area contributed by atoms with Crippen molar-refractivity contribution in [3.8, 4) is 0 Å². The van der Waals surface area contributed by atoms with Gasteiger partial charge in [0.1, 0.15) is 12.6 Å². The highest BCUT2D eigenvalue weighted by Crippen LogP contribution is 2.43. The van der Waals surface area contributed by atoms with Crippen LogP contribution < -0.4 is 5.73 Å². The molecule has 0 bridgehead atoms. The number of esters is 2. The number of phosphoric ester groups is 1. The van der Waals surface area contributed by atoms with Crippen LogP contribution in [0.4, 0.5) is 0 Å². The predicted octanol–water partition coefficient (Wildman–Crippen LogP) is 10.8. The number of aliphatic carboxylic acids is 1. The Kier molecular flexibility index (Phi) is 38.8. The molecule has 0 spiro atoms. The molecule has 0 amide bonds. The molecule has 0 aliphatic heterocycles. The van der Waals surface area contributed by atoms with E-state index in [0.717, 1.165) is 70.6 Å². The summed E-state index contributed by atoms with van der Waals surface area (Å²) in [6.07, 6.45) is 51.6. The molecular formula is C48H76NO11P. The lowest BCUT2D eigenvalue weighted by Crippen LogP contribution is -2.34. The fraction of sp³-hybridized carbons (Fsp3) is 0.562. The standard InChI is InChI=1S/C48H76NO11P/c1-3-4-5-6-7-8-9-10-11-12-13-14-17-20-23-26-29-32-35-38-46(51)57-40-44(41-58-61(55,56)59-42-45(49)48(53)54)60-47(52)39-36-33-30-27-24-21-18-15-16-19-22-25-28-31-34-37-43(2)50/h7-8,10-11,13-14,16,18-21,23,25,27-30,32,43-45,50H,3-6,9,12,15,17,22,24,26,31,33-42,49H2,1-2H3,(H,53,54)(H,55,56)/b8-7-,11-10-,14-13-,19-16-,21-18-,23-20-,28-25-,30-27-,32-29-/t43-,44+,45-/m0/s1. The molecule has 0 aromatic rings. The highest BCUT2D eigenvalue weighted by atomic mass is 31.2. The van der Waals surface area contributed by atoms with Crippen molar-refractivity contribution in [2.75, 3.05) is 19.8 Å². The number of rotatable bonds is 39. The van der Waals surface area contributed by atoms with E-state index in [2.05, 4.69) is 96.5 Å². The molecule has 0 heterocycles. The fourth-order valence-electron chi connectivity index (χ4n) is 5.06. The van der Waals surface area contributed by atoms with E-state index < -0.39 is 57.7 Å². The number of carbonyl (C=O) groups excluding carboxylic acids is 2. The van der Waals surface area contributed by atoms with E-state index in [1.54, 1.807) is 6.92 Å². The number of hydrogen-bond donors (Lipinski definition) is 4. The van der Waals surface area contributed by atoms with Crippen molar-refractivity contribution in [2.24, 2.45) is 5.73 Å². The van der Waals surface area contributed by atoms with Crippen molar-refractivity contribution in [1.29, 1.82) is 0 Å². The average Bonchev–Trinajstić information content (AvgIpc) is 3.22. The van der Waals surface area contributed by atoms with Crippen molar-refractivity contribution >= 4 is 25.7 Å². The van der Waals surface area contributed by atoms with E-state index >= 15 is 0 Å². The number of nitrogens with two attached hydrogens (primary N) is 1. The molecule has 4 atom stereocenters. The number of hydrogen-bond acceptors (Lipinski definition) is 10. The molecule has 61 heavy (non-hydrogen) atoms. The Bertz CT molecular complexity index is 1460. The minimum atomic E-state index is -4.76. The molecule has 0 aromatic carbocycles. The topological polar surface area (TPSA) is 192 Å². The molecule has 0 aromatic heterocycles. The Morgan fingerprint density at radius 3 is 1.46 bits per heavy atom. The normalized spacial score (nSPS) is 15.2. The number of allylic oxidation sites excluding steroid dienone is 18. The third-order valence-electron chi connectivity index (χ3n) is 8.53. The molecule has 5 N–H and O–H groups in total. The summed E-state index contributed by atoms with van der Waals surface area (Å²) < 4.78 is 32.5. The number of aliphatic hydroxyl groups is 1. The van der Waals surface area contributed by atoms with Crippen molar-refractivity contribution in [3.05, 3.63) is 109 Å². The number of carbonyl (C=O) groups is 3. The van der Waals surface area contributed by atoms with Gasteiger partial charge < -0.3 is 30.3 Å². The van der Waals surface area contributed by atoms with Gasteiger partial charge in [0, 0.05) is 12.8 Å². The van der Waals surface area contributed by atoms with Gasteiger partial charge in [-0.25, -0.2) is 4.57 Å². The number of aliphatic hydroxyl groups excluding tert-OH is 1. The number of phosphoric acid groups is 1. The first-order chi connectivity index (χ1) is 29.5. The summed E-state index contributed by atoms with van der Waals surface area (Å²) in [6.45, 7) is 2.16. The summed E-state index contributed by atoms with van der Waals surface area (Å²) in [6, 6.07) is -1.55. The van der Waals surface area contributed by atoms with Gasteiger partial charge in [-0.15, -0.1) is 0 Å². The lowest BCUT2D eigenvalue weighted by molar-refractivity contribution is -0.161. The van der Waals surface area contributed by atoms with Crippen LogP contribution in [0.2, 0.25) is 0 Å². The summed E-state index contributed by atoms with van der Waals surface area (Å²) in [7, 11) is -4.76. The van der Waals surface area contributed by atoms with Gasteiger partial charge in [-0.1, -0.05) is 129 Å². The number of carboxylic acids is 1. The molecule has 0 aliphatic carbocycles. The Morgan fingerprint density at radius 1 is 0.574 bits per heavy atom. The Balaban J connectivity index is 4.60. The van der Waals surface area contributed by atoms with Gasteiger partial charge in [0.15, 0.2) is 6.10 Å². The summed E-state index contributed by atoms with van der Waals surface area (Å²) in [5.74, 6) is -2.59. The second-order valence-corrected chi connectivity index (χ2v) is 15.9. The van der Waals surface area contributed by atoms with Gasteiger partial charge in [0.05, 0.1) is 19.3 Å².